The van der Waals surface area contributed by atoms with Crippen molar-refractivity contribution in [2.45, 2.75) is 19.4 Å². The lowest BCUT2D eigenvalue weighted by Crippen LogP contribution is -2.44. The number of aliphatic carboxylic acids is 1. The quantitative estimate of drug-likeness (QED) is 0.652. The van der Waals surface area contributed by atoms with E-state index in [1.54, 1.807) is 12.1 Å². The number of carboxylic acid groups (broad SMARTS) is 1. The molecule has 0 aliphatic heterocycles. The highest BCUT2D eigenvalue weighted by Crippen LogP contribution is 2.05. The highest BCUT2D eigenvalue weighted by atomic mass is 16.4. The summed E-state index contributed by atoms with van der Waals surface area (Å²) in [6.45, 7) is 1.83. The molecule has 0 spiro atoms. The molecule has 0 radical (unpaired) electrons. The van der Waals surface area contributed by atoms with Crippen LogP contribution in [-0.2, 0) is 11.2 Å². The maximum atomic E-state index is 11.8. The van der Waals surface area contributed by atoms with Gasteiger partial charge in [-0.3, -0.25) is 4.98 Å². The molecule has 0 bridgehead atoms. The Kier molecular flexibility index (Phi) is 4.50. The summed E-state index contributed by atoms with van der Waals surface area (Å²) < 4.78 is 0. The third-order valence-electron chi connectivity index (χ3n) is 2.75. The zero-order valence-corrected chi connectivity index (χ0v) is 11.3. The van der Waals surface area contributed by atoms with Gasteiger partial charge in [-0.1, -0.05) is 0 Å². The number of pyridine rings is 1. The van der Waals surface area contributed by atoms with Crippen LogP contribution in [0.1, 0.15) is 11.4 Å². The zero-order valence-electron chi connectivity index (χ0n) is 11.3. The van der Waals surface area contributed by atoms with E-state index in [1.807, 2.05) is 6.92 Å². The van der Waals surface area contributed by atoms with Crippen molar-refractivity contribution in [3.05, 3.63) is 42.2 Å². The number of rotatable bonds is 5. The van der Waals surface area contributed by atoms with Gasteiger partial charge in [0.25, 0.3) is 0 Å². The summed E-state index contributed by atoms with van der Waals surface area (Å²) in [4.78, 5) is 33.6. The highest BCUT2D eigenvalue weighted by Gasteiger charge is 2.21. The number of hydrogen-bond donors (Lipinski definition) is 4. The minimum atomic E-state index is -1.12. The largest absolute Gasteiger partial charge is 0.480 e. The summed E-state index contributed by atoms with van der Waals surface area (Å²) >= 11 is 0. The molecule has 0 saturated heterocycles. The molecule has 2 rings (SSSR count). The van der Waals surface area contributed by atoms with Crippen LogP contribution >= 0.6 is 0 Å². The second-order valence-electron chi connectivity index (χ2n) is 4.46. The number of nitrogens with zero attached hydrogens (tertiary/aromatic N) is 2. The molecule has 8 nitrogen and oxygen atoms in total. The molecule has 0 fully saturated rings. The van der Waals surface area contributed by atoms with Crippen molar-refractivity contribution in [2.24, 2.45) is 0 Å². The van der Waals surface area contributed by atoms with E-state index < -0.39 is 18.0 Å². The van der Waals surface area contributed by atoms with E-state index in [4.69, 9.17) is 5.11 Å². The van der Waals surface area contributed by atoms with Crippen molar-refractivity contribution in [1.82, 2.24) is 20.3 Å². The minimum Gasteiger partial charge on any atom is -0.480 e. The molecule has 21 heavy (non-hydrogen) atoms. The van der Waals surface area contributed by atoms with Crippen molar-refractivity contribution in [2.75, 3.05) is 5.32 Å². The molecule has 8 heteroatoms. The maximum Gasteiger partial charge on any atom is 0.326 e. The first kappa shape index (κ1) is 14.5. The van der Waals surface area contributed by atoms with Crippen LogP contribution in [0.4, 0.5) is 10.5 Å². The Morgan fingerprint density at radius 2 is 2.19 bits per heavy atom. The smallest absolute Gasteiger partial charge is 0.326 e. The molecule has 0 aliphatic carbocycles. The lowest BCUT2D eigenvalue weighted by molar-refractivity contribution is -0.139. The van der Waals surface area contributed by atoms with Crippen molar-refractivity contribution < 1.29 is 14.7 Å². The number of carbonyl (C=O) groups excluding carboxylic acids is 1. The second-order valence-corrected chi connectivity index (χ2v) is 4.46. The number of nitrogens with one attached hydrogen (secondary N) is 3. The number of aromatic nitrogens is 3. The molecule has 2 aromatic rings. The Morgan fingerprint density at radius 1 is 1.38 bits per heavy atom. The summed E-state index contributed by atoms with van der Waals surface area (Å²) in [5.74, 6) is -1.12. The molecule has 4 N–H and O–H groups in total. The van der Waals surface area contributed by atoms with E-state index in [9.17, 15) is 9.59 Å². The van der Waals surface area contributed by atoms with Crippen LogP contribution in [0.2, 0.25) is 0 Å². The van der Waals surface area contributed by atoms with Crippen LogP contribution in [0, 0.1) is 6.92 Å². The van der Waals surface area contributed by atoms with E-state index in [1.165, 1.54) is 18.7 Å². The predicted molar refractivity (Wildman–Crippen MR) is 74.8 cm³/mol. The first-order valence-corrected chi connectivity index (χ1v) is 6.25. The molecule has 0 saturated carbocycles. The number of aryl methyl sites for hydroxylation is 1. The SMILES string of the molecule is Cc1ccc(NC(=O)N[C@H](Cc2cnc[nH]2)C(=O)O)cn1. The Labute approximate surface area is 120 Å². The van der Waals surface area contributed by atoms with Crippen LogP contribution in [-0.4, -0.2) is 38.1 Å². The molecule has 1 atom stereocenters. The molecule has 0 aromatic carbocycles. The van der Waals surface area contributed by atoms with Crippen LogP contribution in [0.25, 0.3) is 0 Å². The third-order valence-corrected chi connectivity index (χ3v) is 2.75. The number of hydrogen-bond acceptors (Lipinski definition) is 4. The molecule has 110 valence electrons. The average molecular weight is 289 g/mol. The second kappa shape index (κ2) is 6.51. The third kappa shape index (κ3) is 4.30. The number of H-pyrrole nitrogens is 1. The van der Waals surface area contributed by atoms with Gasteiger partial charge in [0.05, 0.1) is 18.2 Å². The molecule has 2 amide bonds. The van der Waals surface area contributed by atoms with E-state index in [-0.39, 0.29) is 6.42 Å². The Morgan fingerprint density at radius 3 is 2.76 bits per heavy atom. The van der Waals surface area contributed by atoms with Gasteiger partial charge < -0.3 is 20.7 Å². The summed E-state index contributed by atoms with van der Waals surface area (Å²) in [7, 11) is 0. The van der Waals surface area contributed by atoms with Crippen molar-refractivity contribution in [1.29, 1.82) is 0 Å². The fourth-order valence-corrected chi connectivity index (χ4v) is 1.68. The van der Waals surface area contributed by atoms with E-state index in [0.717, 1.165) is 5.69 Å². The van der Waals surface area contributed by atoms with Crippen molar-refractivity contribution in [3.63, 3.8) is 0 Å². The van der Waals surface area contributed by atoms with Crippen LogP contribution in [0.3, 0.4) is 0 Å². The zero-order chi connectivity index (χ0) is 15.2. The van der Waals surface area contributed by atoms with Gasteiger partial charge in [-0.15, -0.1) is 0 Å². The van der Waals surface area contributed by atoms with Crippen LogP contribution in [0.5, 0.6) is 0 Å². The monoisotopic (exact) mass is 289 g/mol. The van der Waals surface area contributed by atoms with Crippen molar-refractivity contribution in [3.8, 4) is 0 Å². The summed E-state index contributed by atoms with van der Waals surface area (Å²) in [5.41, 5.74) is 1.94. The van der Waals surface area contributed by atoms with E-state index in [2.05, 4.69) is 25.6 Å². The average Bonchev–Trinajstić information content (AvgIpc) is 2.93. The molecule has 2 aromatic heterocycles. The number of amides is 2. The van der Waals surface area contributed by atoms with Crippen LogP contribution in [0.15, 0.2) is 30.9 Å². The van der Waals surface area contributed by atoms with Gasteiger partial charge in [0.15, 0.2) is 0 Å². The Hall–Kier alpha value is -2.90. The van der Waals surface area contributed by atoms with Gasteiger partial charge in [0, 0.05) is 24.0 Å². The molecule has 2 heterocycles. The normalized spacial score (nSPS) is 11.7. The lowest BCUT2D eigenvalue weighted by atomic mass is 10.2. The number of carboxylic acids is 1. The van der Waals surface area contributed by atoms with Gasteiger partial charge in [0.1, 0.15) is 6.04 Å². The lowest BCUT2D eigenvalue weighted by Gasteiger charge is -2.14. The molecular weight excluding hydrogens is 274 g/mol. The van der Waals surface area contributed by atoms with Gasteiger partial charge in [-0.2, -0.15) is 0 Å². The standard InChI is InChI=1S/C13H15N5O3/c1-8-2-3-9(6-15-8)17-13(21)18-11(12(19)20)4-10-5-14-7-16-10/h2-3,5-7,11H,4H2,1H3,(H,14,16)(H,19,20)(H2,17,18,21)/t11-/m1/s1. The topological polar surface area (TPSA) is 120 Å². The molecule has 0 aliphatic rings. The molecular formula is C13H15N5O3. The number of imidazole rings is 1. The minimum absolute atomic E-state index is 0.120. The van der Waals surface area contributed by atoms with Gasteiger partial charge in [-0.25, -0.2) is 14.6 Å². The molecule has 0 unspecified atom stereocenters. The van der Waals surface area contributed by atoms with Gasteiger partial charge in [-0.05, 0) is 19.1 Å². The fourth-order valence-electron chi connectivity index (χ4n) is 1.68. The first-order chi connectivity index (χ1) is 10.0. The number of urea groups is 1. The highest BCUT2D eigenvalue weighted by molar-refractivity contribution is 5.92. The summed E-state index contributed by atoms with van der Waals surface area (Å²) in [6, 6.07) is 1.78. The van der Waals surface area contributed by atoms with Crippen LogP contribution < -0.4 is 10.6 Å². The van der Waals surface area contributed by atoms with Gasteiger partial charge in [0.2, 0.25) is 0 Å². The summed E-state index contributed by atoms with van der Waals surface area (Å²) in [6.07, 6.45) is 4.58. The van der Waals surface area contributed by atoms with Gasteiger partial charge >= 0.3 is 12.0 Å². The maximum absolute atomic E-state index is 11.8. The number of aromatic amines is 1. The fraction of sp³-hybridized carbons (Fsp3) is 0.231. The first-order valence-electron chi connectivity index (χ1n) is 6.25. The summed E-state index contributed by atoms with van der Waals surface area (Å²) in [5, 5.41) is 14.1. The van der Waals surface area contributed by atoms with E-state index >= 15 is 0 Å². The Bertz CT molecular complexity index is 609. The predicted octanol–water partition coefficient (Wildman–Crippen LogP) is 0.931. The van der Waals surface area contributed by atoms with E-state index in [0.29, 0.717) is 11.4 Å². The van der Waals surface area contributed by atoms with Crippen molar-refractivity contribution >= 4 is 17.7 Å². The number of carbonyl (C=O) groups is 2. The Balaban J connectivity index is 1.95. The number of anilines is 1.